The first kappa shape index (κ1) is 19.9. The van der Waals surface area contributed by atoms with Crippen LogP contribution in [0.4, 0.5) is 5.69 Å². The molecule has 0 unspecified atom stereocenters. The highest BCUT2D eigenvalue weighted by Gasteiger charge is 2.11. The van der Waals surface area contributed by atoms with Crippen LogP contribution in [0.1, 0.15) is 23.0 Å². The number of benzene rings is 2. The number of hydrogen-bond acceptors (Lipinski definition) is 4. The maximum absolute atomic E-state index is 12.2. The highest BCUT2D eigenvalue weighted by atomic mass is 35.5. The summed E-state index contributed by atoms with van der Waals surface area (Å²) in [5.41, 5.74) is 2.22. The molecule has 0 radical (unpaired) electrons. The zero-order valence-electron chi connectivity index (χ0n) is 15.7. The van der Waals surface area contributed by atoms with E-state index in [2.05, 4.69) is 5.32 Å². The molecule has 0 aliphatic carbocycles. The number of rotatable bonds is 7. The molecule has 0 fully saturated rings. The lowest BCUT2D eigenvalue weighted by molar-refractivity contribution is -0.117. The molecule has 144 valence electrons. The Morgan fingerprint density at radius 1 is 1.00 bits per heavy atom. The monoisotopic (exact) mass is 396 g/mol. The molecule has 0 aliphatic rings. The quantitative estimate of drug-likeness (QED) is 0.578. The van der Waals surface area contributed by atoms with Crippen molar-refractivity contribution in [3.05, 3.63) is 77.0 Å². The molecular weight excluding hydrogens is 376 g/mol. The lowest BCUT2D eigenvalue weighted by Crippen LogP contribution is -2.29. The van der Waals surface area contributed by atoms with Crippen LogP contribution in [0.25, 0.3) is 11.3 Å². The van der Waals surface area contributed by atoms with Crippen molar-refractivity contribution in [3.63, 3.8) is 0 Å². The fraction of sp³-hybridized carbons (Fsp3) is 0.182. The van der Waals surface area contributed by atoms with Crippen LogP contribution in [0, 0.1) is 0 Å². The van der Waals surface area contributed by atoms with Gasteiger partial charge in [0.1, 0.15) is 11.5 Å². The van der Waals surface area contributed by atoms with E-state index in [9.17, 15) is 9.59 Å². The smallest absolute Gasteiger partial charge is 0.238 e. The summed E-state index contributed by atoms with van der Waals surface area (Å²) < 4.78 is 5.87. The number of amides is 1. The first-order chi connectivity index (χ1) is 13.4. The van der Waals surface area contributed by atoms with Crippen molar-refractivity contribution < 1.29 is 14.0 Å². The third kappa shape index (κ3) is 5.31. The highest BCUT2D eigenvalue weighted by Crippen LogP contribution is 2.24. The molecule has 0 spiro atoms. The Bertz CT molecular complexity index is 962. The van der Waals surface area contributed by atoms with Crippen molar-refractivity contribution in [1.82, 2.24) is 4.90 Å². The third-order valence-corrected chi connectivity index (χ3v) is 4.46. The fourth-order valence-electron chi connectivity index (χ4n) is 2.79. The minimum Gasteiger partial charge on any atom is -0.460 e. The van der Waals surface area contributed by atoms with Crippen molar-refractivity contribution in [3.8, 4) is 11.3 Å². The average molecular weight is 397 g/mol. The Morgan fingerprint density at radius 3 is 2.32 bits per heavy atom. The molecule has 0 atom stereocenters. The number of carbonyl (C=O) groups is 2. The Morgan fingerprint density at radius 2 is 1.68 bits per heavy atom. The summed E-state index contributed by atoms with van der Waals surface area (Å²) in [5.74, 6) is 1.39. The van der Waals surface area contributed by atoms with E-state index >= 15 is 0 Å². The second kappa shape index (κ2) is 8.87. The summed E-state index contributed by atoms with van der Waals surface area (Å²) in [5, 5.41) is 3.50. The maximum atomic E-state index is 12.2. The van der Waals surface area contributed by atoms with Crippen LogP contribution in [0.5, 0.6) is 0 Å². The summed E-state index contributed by atoms with van der Waals surface area (Å²) in [6.45, 7) is 2.23. The van der Waals surface area contributed by atoms with Crippen molar-refractivity contribution in [1.29, 1.82) is 0 Å². The van der Waals surface area contributed by atoms with Gasteiger partial charge >= 0.3 is 0 Å². The molecule has 1 N–H and O–H groups in total. The number of halogens is 1. The summed E-state index contributed by atoms with van der Waals surface area (Å²) in [7, 11) is 1.85. The minimum absolute atomic E-state index is 0.00553. The van der Waals surface area contributed by atoms with Crippen molar-refractivity contribution >= 4 is 29.0 Å². The molecule has 2 aromatic carbocycles. The molecule has 0 saturated carbocycles. The van der Waals surface area contributed by atoms with Crippen LogP contribution in [-0.4, -0.2) is 30.2 Å². The number of likely N-dealkylation sites (N-methyl/N-ethyl adjacent to an activating group) is 1. The topological polar surface area (TPSA) is 62.6 Å². The van der Waals surface area contributed by atoms with E-state index in [0.717, 1.165) is 17.1 Å². The molecular formula is C22H21ClN2O3. The van der Waals surface area contributed by atoms with Crippen LogP contribution in [0.15, 0.2) is 65.1 Å². The molecule has 0 aliphatic heterocycles. The Balaban J connectivity index is 1.53. The Hall–Kier alpha value is -2.89. The summed E-state index contributed by atoms with van der Waals surface area (Å²) >= 11 is 5.91. The number of ketones is 1. The van der Waals surface area contributed by atoms with Gasteiger partial charge in [-0.05, 0) is 74.6 Å². The molecule has 1 heterocycles. The minimum atomic E-state index is -0.137. The fourth-order valence-corrected chi connectivity index (χ4v) is 2.91. The maximum Gasteiger partial charge on any atom is 0.238 e. The molecule has 3 aromatic rings. The molecule has 1 amide bonds. The molecule has 0 bridgehead atoms. The molecule has 3 rings (SSSR count). The van der Waals surface area contributed by atoms with Gasteiger partial charge in [-0.1, -0.05) is 11.6 Å². The Kier molecular flexibility index (Phi) is 6.29. The number of hydrogen-bond donors (Lipinski definition) is 1. The van der Waals surface area contributed by atoms with Crippen LogP contribution in [-0.2, 0) is 11.3 Å². The van der Waals surface area contributed by atoms with Gasteiger partial charge in [-0.25, -0.2) is 0 Å². The molecule has 0 saturated heterocycles. The third-order valence-electron chi connectivity index (χ3n) is 4.20. The van der Waals surface area contributed by atoms with Crippen LogP contribution >= 0.6 is 11.6 Å². The van der Waals surface area contributed by atoms with E-state index < -0.39 is 0 Å². The molecule has 1 aromatic heterocycles. The predicted molar refractivity (Wildman–Crippen MR) is 111 cm³/mol. The highest BCUT2D eigenvalue weighted by molar-refractivity contribution is 6.30. The lowest BCUT2D eigenvalue weighted by atomic mass is 10.1. The first-order valence-electron chi connectivity index (χ1n) is 8.85. The standard InChI is InChI=1S/C22H21ClN2O3/c1-15(26)16-5-9-19(10-6-16)24-22(27)14-25(2)13-20-11-12-21(28-20)17-3-7-18(23)8-4-17/h3-12H,13-14H2,1-2H3,(H,24,27). The molecule has 28 heavy (non-hydrogen) atoms. The van der Waals surface area contributed by atoms with Crippen LogP contribution < -0.4 is 5.32 Å². The van der Waals surface area contributed by atoms with E-state index in [1.54, 1.807) is 24.3 Å². The number of nitrogens with one attached hydrogen (secondary N) is 1. The van der Waals surface area contributed by atoms with Gasteiger partial charge in [0.25, 0.3) is 0 Å². The zero-order valence-corrected chi connectivity index (χ0v) is 16.5. The van der Waals surface area contributed by atoms with Gasteiger partial charge < -0.3 is 9.73 Å². The number of Topliss-reactive ketones (excluding diaryl/α,β-unsaturated/α-hetero) is 1. The van der Waals surface area contributed by atoms with Crippen LogP contribution in [0.3, 0.4) is 0 Å². The first-order valence-corrected chi connectivity index (χ1v) is 9.22. The number of carbonyl (C=O) groups excluding carboxylic acids is 2. The number of anilines is 1. The van der Waals surface area contributed by atoms with Crippen LogP contribution in [0.2, 0.25) is 5.02 Å². The number of nitrogens with zero attached hydrogens (tertiary/aromatic N) is 1. The lowest BCUT2D eigenvalue weighted by Gasteiger charge is -2.15. The zero-order chi connectivity index (χ0) is 20.1. The van der Waals surface area contributed by atoms with E-state index in [0.29, 0.717) is 22.8 Å². The van der Waals surface area contributed by atoms with Gasteiger partial charge in [0.2, 0.25) is 5.91 Å². The summed E-state index contributed by atoms with van der Waals surface area (Å²) in [6, 6.07) is 18.1. The molecule has 5 nitrogen and oxygen atoms in total. The van der Waals surface area contributed by atoms with Crippen molar-refractivity contribution in [2.45, 2.75) is 13.5 Å². The summed E-state index contributed by atoms with van der Waals surface area (Å²) in [6.07, 6.45) is 0. The van der Waals surface area contributed by atoms with Gasteiger partial charge in [0.15, 0.2) is 5.78 Å². The second-order valence-corrected chi connectivity index (χ2v) is 7.06. The van der Waals surface area contributed by atoms with Gasteiger partial charge in [-0.15, -0.1) is 0 Å². The molecule has 6 heteroatoms. The normalized spacial score (nSPS) is 10.9. The van der Waals surface area contributed by atoms with Gasteiger partial charge in [-0.3, -0.25) is 14.5 Å². The summed E-state index contributed by atoms with van der Waals surface area (Å²) in [4.78, 5) is 25.4. The van der Waals surface area contributed by atoms with Crippen molar-refractivity contribution in [2.75, 3.05) is 18.9 Å². The van der Waals surface area contributed by atoms with Gasteiger partial charge in [-0.2, -0.15) is 0 Å². The Labute approximate surface area is 168 Å². The average Bonchev–Trinajstić information content (AvgIpc) is 3.10. The largest absolute Gasteiger partial charge is 0.460 e. The van der Waals surface area contributed by atoms with Crippen molar-refractivity contribution in [2.24, 2.45) is 0 Å². The van der Waals surface area contributed by atoms with E-state index in [1.807, 2.05) is 48.3 Å². The van der Waals surface area contributed by atoms with Gasteiger partial charge in [0.05, 0.1) is 13.1 Å². The van der Waals surface area contributed by atoms with E-state index in [-0.39, 0.29) is 18.2 Å². The van der Waals surface area contributed by atoms with E-state index in [4.69, 9.17) is 16.0 Å². The number of furan rings is 1. The van der Waals surface area contributed by atoms with E-state index in [1.165, 1.54) is 6.92 Å². The van der Waals surface area contributed by atoms with Gasteiger partial charge in [0, 0.05) is 21.8 Å². The predicted octanol–water partition coefficient (Wildman–Crippen LogP) is 4.87. The second-order valence-electron chi connectivity index (χ2n) is 6.63. The SMILES string of the molecule is CC(=O)c1ccc(NC(=O)CN(C)Cc2ccc(-c3ccc(Cl)cc3)o2)cc1.